The van der Waals surface area contributed by atoms with Gasteiger partial charge in [0.2, 0.25) is 0 Å². The monoisotopic (exact) mass is 390 g/mol. The summed E-state index contributed by atoms with van der Waals surface area (Å²) >= 11 is 6.63. The van der Waals surface area contributed by atoms with E-state index in [0.717, 1.165) is 6.42 Å². The van der Waals surface area contributed by atoms with Crippen LogP contribution in [0.5, 0.6) is 0 Å². The minimum absolute atomic E-state index is 0.104. The molecule has 0 aliphatic heterocycles. The van der Waals surface area contributed by atoms with Gasteiger partial charge in [-0.15, -0.1) is 11.6 Å². The molecule has 1 unspecified atom stereocenters. The normalized spacial score (nSPS) is 13.3. The lowest BCUT2D eigenvalue weighted by atomic mass is 9.84. The Hall–Kier alpha value is 0.210. The molecule has 0 aromatic heterocycles. The molecule has 0 fully saturated rings. The average Bonchev–Trinajstić information content (AvgIpc) is 2.62. The first-order valence-electron chi connectivity index (χ1n) is 11.5. The van der Waals surface area contributed by atoms with Crippen LogP contribution in [0.4, 0.5) is 0 Å². The maximum atomic E-state index is 9.21. The molecule has 0 aliphatic carbocycles. The number of halogens is 1. The van der Waals surface area contributed by atoms with Crippen molar-refractivity contribution >= 4 is 11.6 Å². The summed E-state index contributed by atoms with van der Waals surface area (Å²) in [5.74, 6) is 0.348. The Morgan fingerprint density at radius 2 is 1.00 bits per heavy atom. The molecule has 0 saturated heterocycles. The summed E-state index contributed by atoms with van der Waals surface area (Å²) in [6.45, 7) is 4.65. The average molecular weight is 391 g/mol. The van der Waals surface area contributed by atoms with Crippen molar-refractivity contribution < 1.29 is 10.2 Å². The third-order valence-corrected chi connectivity index (χ3v) is 6.68. The predicted molar refractivity (Wildman–Crippen MR) is 116 cm³/mol. The van der Waals surface area contributed by atoms with Crippen LogP contribution in [-0.2, 0) is 0 Å². The van der Waals surface area contributed by atoms with Gasteiger partial charge in [0.1, 0.15) is 0 Å². The third-order valence-electron chi connectivity index (χ3n) is 5.93. The number of rotatable bonds is 20. The fraction of sp³-hybridized carbons (Fsp3) is 1.00. The standard InChI is InChI=1S/C23H47ClO2/c1-3-4-5-6-7-8-9-10-11-12-13-14-15-16-17-22(2)23(24,18-20-25)19-21-26/h22,25-26H,3-21H2,1-2H3. The van der Waals surface area contributed by atoms with Crippen molar-refractivity contribution in [3.05, 3.63) is 0 Å². The van der Waals surface area contributed by atoms with E-state index in [2.05, 4.69) is 13.8 Å². The topological polar surface area (TPSA) is 40.5 Å². The number of unbranched alkanes of at least 4 members (excludes halogenated alkanes) is 13. The molecule has 0 amide bonds. The van der Waals surface area contributed by atoms with Gasteiger partial charge in [0.05, 0.1) is 4.87 Å². The maximum Gasteiger partial charge on any atom is 0.0515 e. The number of aliphatic hydroxyl groups excluding tert-OH is 2. The van der Waals surface area contributed by atoms with E-state index in [0.29, 0.717) is 18.8 Å². The molecule has 0 spiro atoms. The molecule has 2 N–H and O–H groups in total. The molecule has 0 bridgehead atoms. The van der Waals surface area contributed by atoms with Crippen LogP contribution < -0.4 is 0 Å². The zero-order valence-electron chi connectivity index (χ0n) is 17.8. The SMILES string of the molecule is CCCCCCCCCCCCCCCCC(C)C(Cl)(CCO)CCO. The van der Waals surface area contributed by atoms with E-state index < -0.39 is 4.87 Å². The Kier molecular flexibility index (Phi) is 18.7. The lowest BCUT2D eigenvalue weighted by Gasteiger charge is -2.32. The van der Waals surface area contributed by atoms with E-state index in [-0.39, 0.29) is 13.2 Å². The molecule has 0 aromatic rings. The highest BCUT2D eigenvalue weighted by Crippen LogP contribution is 2.35. The van der Waals surface area contributed by atoms with Crippen molar-refractivity contribution in [2.75, 3.05) is 13.2 Å². The van der Waals surface area contributed by atoms with Crippen molar-refractivity contribution in [3.63, 3.8) is 0 Å². The summed E-state index contributed by atoms with van der Waals surface area (Å²) in [4.78, 5) is -0.431. The molecule has 26 heavy (non-hydrogen) atoms. The minimum atomic E-state index is -0.431. The fourth-order valence-electron chi connectivity index (χ4n) is 3.89. The van der Waals surface area contributed by atoms with Crippen LogP contribution in [0.3, 0.4) is 0 Å². The van der Waals surface area contributed by atoms with E-state index >= 15 is 0 Å². The Bertz CT molecular complexity index is 277. The molecule has 0 aromatic carbocycles. The van der Waals surface area contributed by atoms with Crippen LogP contribution in [-0.4, -0.2) is 28.3 Å². The van der Waals surface area contributed by atoms with E-state index in [1.807, 2.05) is 0 Å². The molecule has 0 heterocycles. The van der Waals surface area contributed by atoms with Gasteiger partial charge in [-0.25, -0.2) is 0 Å². The van der Waals surface area contributed by atoms with Crippen LogP contribution in [0, 0.1) is 5.92 Å². The smallest absolute Gasteiger partial charge is 0.0515 e. The molecule has 0 rings (SSSR count). The van der Waals surface area contributed by atoms with Gasteiger partial charge < -0.3 is 10.2 Å². The molecule has 3 heteroatoms. The molecular weight excluding hydrogens is 344 g/mol. The van der Waals surface area contributed by atoms with Crippen molar-refractivity contribution in [1.82, 2.24) is 0 Å². The van der Waals surface area contributed by atoms with Gasteiger partial charge in [0.25, 0.3) is 0 Å². The predicted octanol–water partition coefficient (Wildman–Crippen LogP) is 7.24. The second kappa shape index (κ2) is 18.6. The zero-order valence-corrected chi connectivity index (χ0v) is 18.5. The number of aliphatic hydroxyl groups is 2. The van der Waals surface area contributed by atoms with Gasteiger partial charge in [-0.05, 0) is 25.2 Å². The first-order valence-corrected chi connectivity index (χ1v) is 11.9. The fourth-order valence-corrected chi connectivity index (χ4v) is 4.17. The van der Waals surface area contributed by atoms with Crippen LogP contribution in [0.2, 0.25) is 0 Å². The maximum absolute atomic E-state index is 9.21. The number of hydrogen-bond donors (Lipinski definition) is 2. The minimum Gasteiger partial charge on any atom is -0.396 e. The van der Waals surface area contributed by atoms with E-state index in [9.17, 15) is 10.2 Å². The second-order valence-electron chi connectivity index (χ2n) is 8.27. The van der Waals surface area contributed by atoms with Gasteiger partial charge >= 0.3 is 0 Å². The first-order chi connectivity index (χ1) is 12.6. The molecule has 158 valence electrons. The molecular formula is C23H47ClO2. The molecule has 1 atom stereocenters. The summed E-state index contributed by atoms with van der Waals surface area (Å²) in [5, 5.41) is 18.4. The van der Waals surface area contributed by atoms with Gasteiger partial charge in [-0.2, -0.15) is 0 Å². The van der Waals surface area contributed by atoms with E-state index in [4.69, 9.17) is 11.6 Å². The van der Waals surface area contributed by atoms with Crippen LogP contribution in [0.1, 0.15) is 123 Å². The molecule has 2 nitrogen and oxygen atoms in total. The van der Waals surface area contributed by atoms with Gasteiger partial charge in [-0.1, -0.05) is 104 Å². The Balaban J connectivity index is 3.44. The summed E-state index contributed by atoms with van der Waals surface area (Å²) in [7, 11) is 0. The van der Waals surface area contributed by atoms with Gasteiger partial charge in [-0.3, -0.25) is 0 Å². The molecule has 0 saturated carbocycles. The highest BCUT2D eigenvalue weighted by molar-refractivity contribution is 6.24. The Morgan fingerprint density at radius 1 is 0.654 bits per heavy atom. The largest absolute Gasteiger partial charge is 0.396 e. The zero-order chi connectivity index (χ0) is 19.5. The van der Waals surface area contributed by atoms with Crippen LogP contribution >= 0.6 is 11.6 Å². The first kappa shape index (κ1) is 26.2. The van der Waals surface area contributed by atoms with Crippen molar-refractivity contribution in [3.8, 4) is 0 Å². The molecule has 0 radical (unpaired) electrons. The van der Waals surface area contributed by atoms with Gasteiger partial charge in [0, 0.05) is 13.2 Å². The second-order valence-corrected chi connectivity index (χ2v) is 9.02. The molecule has 0 aliphatic rings. The number of alkyl halides is 1. The third kappa shape index (κ3) is 14.3. The summed E-state index contributed by atoms with van der Waals surface area (Å²) in [6.07, 6.45) is 21.6. The summed E-state index contributed by atoms with van der Waals surface area (Å²) in [5.41, 5.74) is 0. The Labute approximate surface area is 169 Å². The summed E-state index contributed by atoms with van der Waals surface area (Å²) in [6, 6.07) is 0. The lowest BCUT2D eigenvalue weighted by Crippen LogP contribution is -2.32. The summed E-state index contributed by atoms with van der Waals surface area (Å²) < 4.78 is 0. The highest BCUT2D eigenvalue weighted by atomic mass is 35.5. The van der Waals surface area contributed by atoms with Crippen molar-refractivity contribution in [2.45, 2.75) is 128 Å². The lowest BCUT2D eigenvalue weighted by molar-refractivity contribution is 0.193. The highest BCUT2D eigenvalue weighted by Gasteiger charge is 2.32. The van der Waals surface area contributed by atoms with E-state index in [1.54, 1.807) is 0 Å². The van der Waals surface area contributed by atoms with Crippen molar-refractivity contribution in [1.29, 1.82) is 0 Å². The van der Waals surface area contributed by atoms with Crippen LogP contribution in [0.15, 0.2) is 0 Å². The van der Waals surface area contributed by atoms with Crippen LogP contribution in [0.25, 0.3) is 0 Å². The Morgan fingerprint density at radius 3 is 1.35 bits per heavy atom. The van der Waals surface area contributed by atoms with E-state index in [1.165, 1.54) is 89.9 Å². The number of hydrogen-bond acceptors (Lipinski definition) is 2. The van der Waals surface area contributed by atoms with Crippen molar-refractivity contribution in [2.24, 2.45) is 5.92 Å². The van der Waals surface area contributed by atoms with Gasteiger partial charge in [0.15, 0.2) is 0 Å². The quantitative estimate of drug-likeness (QED) is 0.170.